The molecule has 0 unspecified atom stereocenters. The van der Waals surface area contributed by atoms with Crippen LogP contribution < -0.4 is 10.2 Å². The van der Waals surface area contributed by atoms with E-state index in [9.17, 15) is 4.79 Å². The van der Waals surface area contributed by atoms with Gasteiger partial charge in [-0.25, -0.2) is 9.97 Å². The van der Waals surface area contributed by atoms with E-state index in [1.165, 1.54) is 27.3 Å². The van der Waals surface area contributed by atoms with Gasteiger partial charge in [0.05, 0.1) is 36.5 Å². The van der Waals surface area contributed by atoms with Crippen LogP contribution in [0.1, 0.15) is 40.8 Å². The molecule has 210 valence electrons. The number of aryl methyl sites for hydroxylation is 1. The van der Waals surface area contributed by atoms with E-state index >= 15 is 0 Å². The lowest BCUT2D eigenvalue weighted by molar-refractivity contribution is -0.140. The number of morpholine rings is 1. The number of nitrogens with one attached hydrogen (secondary N) is 1. The number of benzene rings is 1. The maximum absolute atomic E-state index is 13.2. The summed E-state index contributed by atoms with van der Waals surface area (Å²) in [7, 11) is 4.37. The summed E-state index contributed by atoms with van der Waals surface area (Å²) in [6, 6.07) is 5.19. The first-order valence-corrected chi connectivity index (χ1v) is 15.3. The zero-order valence-corrected chi connectivity index (χ0v) is 24.2. The number of nitrogens with zero attached hydrogens (tertiary/aromatic N) is 6. The van der Waals surface area contributed by atoms with Gasteiger partial charge in [-0.3, -0.25) is 9.79 Å². The second kappa shape index (κ2) is 10.7. The van der Waals surface area contributed by atoms with E-state index in [4.69, 9.17) is 9.72 Å². The molecule has 4 aliphatic rings. The van der Waals surface area contributed by atoms with E-state index in [2.05, 4.69) is 51.3 Å². The molecule has 0 saturated carbocycles. The van der Waals surface area contributed by atoms with Gasteiger partial charge >= 0.3 is 0 Å². The van der Waals surface area contributed by atoms with Crippen LogP contribution in [-0.4, -0.2) is 91.4 Å². The summed E-state index contributed by atoms with van der Waals surface area (Å²) < 4.78 is 5.45. The second-order valence-corrected chi connectivity index (χ2v) is 12.7. The second-order valence-electron chi connectivity index (χ2n) is 11.6. The van der Waals surface area contributed by atoms with Crippen molar-refractivity contribution in [2.75, 3.05) is 63.7 Å². The van der Waals surface area contributed by atoms with E-state index in [0.717, 1.165) is 73.5 Å². The van der Waals surface area contributed by atoms with Crippen molar-refractivity contribution in [3.05, 3.63) is 40.0 Å². The number of fused-ring (bicyclic) bond motifs is 4. The topological polar surface area (TPSA) is 86.2 Å². The Kier molecular flexibility index (Phi) is 6.93. The van der Waals surface area contributed by atoms with Gasteiger partial charge in [0, 0.05) is 49.2 Å². The van der Waals surface area contributed by atoms with Crippen molar-refractivity contribution in [2.45, 2.75) is 44.7 Å². The Morgan fingerprint density at radius 1 is 1.10 bits per heavy atom. The van der Waals surface area contributed by atoms with Crippen LogP contribution in [0.3, 0.4) is 0 Å². The molecule has 1 aliphatic carbocycles. The third-order valence-electron chi connectivity index (χ3n) is 9.06. The Morgan fingerprint density at radius 2 is 1.93 bits per heavy atom. The van der Waals surface area contributed by atoms with Gasteiger partial charge in [-0.15, -0.1) is 11.3 Å². The minimum atomic E-state index is 0.0377. The number of aromatic nitrogens is 2. The molecule has 0 radical (unpaired) electrons. The van der Waals surface area contributed by atoms with Crippen LogP contribution in [0.25, 0.3) is 10.2 Å². The van der Waals surface area contributed by atoms with Gasteiger partial charge < -0.3 is 24.8 Å². The average Bonchev–Trinajstić information content (AvgIpc) is 3.61. The van der Waals surface area contributed by atoms with Gasteiger partial charge in [0.2, 0.25) is 5.91 Å². The Hall–Kier alpha value is -3.08. The molecular weight excluding hydrogens is 522 g/mol. The molecule has 1 N–H and O–H groups in total. The Bertz CT molecular complexity index is 1450. The molecule has 10 heteroatoms. The molecule has 40 heavy (non-hydrogen) atoms. The first kappa shape index (κ1) is 25.9. The van der Waals surface area contributed by atoms with Crippen LogP contribution in [0, 0.1) is 5.92 Å². The summed E-state index contributed by atoms with van der Waals surface area (Å²) in [6.45, 7) is 5.49. The molecule has 0 bridgehead atoms. The van der Waals surface area contributed by atoms with E-state index in [1.54, 1.807) is 17.7 Å². The number of aliphatic imine (C=N–C) groups is 1. The standard InChI is InChI=1S/C30H37N7O2S/c1-35(2)22-5-7-36(8-6-22)25-14-21-17-31-16-20(21)13-24(25)34-28-27-23-4-3-19(30(38)37-9-11-39-12-10-37)15-26(23)40-29(27)33-18-32-28/h13-14,16,18-19,22H,3-12,15,17H2,1-2H3,(H,32,33,34)/t19-/m0/s1. The molecule has 2 aromatic heterocycles. The van der Waals surface area contributed by atoms with Crippen LogP contribution in [0.4, 0.5) is 17.2 Å². The lowest BCUT2D eigenvalue weighted by atomic mass is 9.86. The molecule has 5 heterocycles. The highest BCUT2D eigenvalue weighted by Crippen LogP contribution is 2.42. The summed E-state index contributed by atoms with van der Waals surface area (Å²) in [5.74, 6) is 1.17. The summed E-state index contributed by atoms with van der Waals surface area (Å²) in [6.07, 6.45) is 8.48. The number of carbonyl (C=O) groups is 1. The van der Waals surface area contributed by atoms with Gasteiger partial charge in [0.15, 0.2) is 0 Å². The predicted molar refractivity (Wildman–Crippen MR) is 160 cm³/mol. The van der Waals surface area contributed by atoms with Crippen LogP contribution >= 0.6 is 11.3 Å². The number of piperidine rings is 1. The van der Waals surface area contributed by atoms with E-state index in [0.29, 0.717) is 32.3 Å². The summed E-state index contributed by atoms with van der Waals surface area (Å²) in [5.41, 5.74) is 6.08. The van der Waals surface area contributed by atoms with Crippen molar-refractivity contribution in [3.8, 4) is 0 Å². The van der Waals surface area contributed by atoms with Crippen molar-refractivity contribution in [3.63, 3.8) is 0 Å². The van der Waals surface area contributed by atoms with Crippen LogP contribution in [0.2, 0.25) is 0 Å². The number of amides is 1. The highest BCUT2D eigenvalue weighted by Gasteiger charge is 2.32. The van der Waals surface area contributed by atoms with Crippen molar-refractivity contribution in [1.82, 2.24) is 19.8 Å². The largest absolute Gasteiger partial charge is 0.378 e. The molecule has 1 amide bonds. The summed E-state index contributed by atoms with van der Waals surface area (Å²) >= 11 is 1.72. The maximum Gasteiger partial charge on any atom is 0.226 e. The SMILES string of the molecule is CN(C)C1CCN(c2cc3c(cc2Nc2ncnc4sc5c(c24)CC[C@H](C(=O)N2CCOCC2)C5)C=NC3)CC1. The van der Waals surface area contributed by atoms with E-state index < -0.39 is 0 Å². The fourth-order valence-corrected chi connectivity index (χ4v) is 7.98. The fourth-order valence-electron chi connectivity index (χ4n) is 6.72. The van der Waals surface area contributed by atoms with Gasteiger partial charge in [0.1, 0.15) is 17.0 Å². The molecule has 3 aliphatic heterocycles. The third kappa shape index (κ3) is 4.76. The van der Waals surface area contributed by atoms with Gasteiger partial charge in [-0.2, -0.15) is 0 Å². The third-order valence-corrected chi connectivity index (χ3v) is 10.2. The lowest BCUT2D eigenvalue weighted by Crippen LogP contribution is -2.44. The minimum absolute atomic E-state index is 0.0377. The van der Waals surface area contributed by atoms with E-state index in [-0.39, 0.29) is 11.8 Å². The summed E-state index contributed by atoms with van der Waals surface area (Å²) in [4.78, 5) is 36.3. The number of hydrogen-bond donors (Lipinski definition) is 1. The number of ether oxygens (including phenoxy) is 1. The van der Waals surface area contributed by atoms with E-state index in [1.807, 2.05) is 11.1 Å². The molecule has 2 fully saturated rings. The first-order chi connectivity index (χ1) is 19.5. The Labute approximate surface area is 239 Å². The highest BCUT2D eigenvalue weighted by atomic mass is 32.1. The number of anilines is 3. The van der Waals surface area contributed by atoms with Gasteiger partial charge in [0.25, 0.3) is 0 Å². The predicted octanol–water partition coefficient (Wildman–Crippen LogP) is 3.86. The van der Waals surface area contributed by atoms with Crippen LogP contribution in [-0.2, 0) is 28.9 Å². The minimum Gasteiger partial charge on any atom is -0.378 e. The zero-order chi connectivity index (χ0) is 27.2. The first-order valence-electron chi connectivity index (χ1n) is 14.5. The van der Waals surface area contributed by atoms with Gasteiger partial charge in [-0.05, 0) is 75.0 Å². The van der Waals surface area contributed by atoms with Crippen LogP contribution in [0.15, 0.2) is 23.5 Å². The molecule has 7 rings (SSSR count). The summed E-state index contributed by atoms with van der Waals surface area (Å²) in [5, 5.41) is 4.87. The molecule has 0 spiro atoms. The Balaban J connectivity index is 1.18. The molecule has 9 nitrogen and oxygen atoms in total. The van der Waals surface area contributed by atoms with Crippen LogP contribution in [0.5, 0.6) is 0 Å². The molecule has 3 aromatic rings. The Morgan fingerprint density at radius 3 is 2.73 bits per heavy atom. The monoisotopic (exact) mass is 559 g/mol. The quantitative estimate of drug-likeness (QED) is 0.508. The molecule has 1 aromatic carbocycles. The highest BCUT2D eigenvalue weighted by molar-refractivity contribution is 7.19. The number of rotatable bonds is 5. The average molecular weight is 560 g/mol. The van der Waals surface area contributed by atoms with Crippen molar-refractivity contribution in [2.24, 2.45) is 10.9 Å². The van der Waals surface area contributed by atoms with Crippen molar-refractivity contribution >= 4 is 50.9 Å². The van der Waals surface area contributed by atoms with Gasteiger partial charge in [-0.1, -0.05) is 0 Å². The molecular formula is C30H37N7O2S. The number of carbonyl (C=O) groups excluding carboxylic acids is 1. The molecule has 1 atom stereocenters. The number of hydrogen-bond acceptors (Lipinski definition) is 9. The van der Waals surface area contributed by atoms with Crippen molar-refractivity contribution in [1.29, 1.82) is 0 Å². The van der Waals surface area contributed by atoms with Crippen molar-refractivity contribution < 1.29 is 9.53 Å². The smallest absolute Gasteiger partial charge is 0.226 e. The number of thiophene rings is 1. The lowest BCUT2D eigenvalue weighted by Gasteiger charge is -2.37. The molecule has 2 saturated heterocycles. The maximum atomic E-state index is 13.2. The zero-order valence-electron chi connectivity index (χ0n) is 23.4. The normalized spacial score (nSPS) is 21.2. The fraction of sp³-hybridized carbons (Fsp3) is 0.533.